The van der Waals surface area contributed by atoms with Crippen molar-refractivity contribution >= 4 is 12.3 Å². The predicted molar refractivity (Wildman–Crippen MR) is 178 cm³/mol. The number of rotatable bonds is 24. The van der Waals surface area contributed by atoms with Crippen molar-refractivity contribution in [1.82, 2.24) is 10.6 Å². The summed E-state index contributed by atoms with van der Waals surface area (Å²) < 4.78 is 1.98. The summed E-state index contributed by atoms with van der Waals surface area (Å²) in [6.07, 6.45) is 20.4. The van der Waals surface area contributed by atoms with Gasteiger partial charge in [-0.2, -0.15) is 0 Å². The second-order valence-electron chi connectivity index (χ2n) is 13.5. The van der Waals surface area contributed by atoms with Gasteiger partial charge in [0.15, 0.2) is 0 Å². The first-order chi connectivity index (χ1) is 19.3. The molecule has 236 valence electrons. The molecular formula is C35H66N4O2+2. The molecule has 0 radical (unpaired) electrons. The zero-order valence-electron chi connectivity index (χ0n) is 28.4. The molecule has 0 saturated carbocycles. The van der Waals surface area contributed by atoms with Crippen molar-refractivity contribution in [2.24, 2.45) is 0 Å². The van der Waals surface area contributed by atoms with E-state index in [1.807, 2.05) is 0 Å². The Kier molecular flexibility index (Phi) is 21.2. The maximum Gasteiger partial charge on any atom is 0.243 e. The fourth-order valence-corrected chi connectivity index (χ4v) is 4.92. The monoisotopic (exact) mass is 575 g/mol. The number of allylic oxidation sites excluding steroid dienone is 7. The van der Waals surface area contributed by atoms with Gasteiger partial charge in [-0.25, -0.2) is 0 Å². The van der Waals surface area contributed by atoms with Crippen LogP contribution in [0, 0.1) is 0 Å². The van der Waals surface area contributed by atoms with Crippen LogP contribution in [0.25, 0.3) is 0 Å². The van der Waals surface area contributed by atoms with Crippen molar-refractivity contribution in [2.45, 2.75) is 98.8 Å². The quantitative estimate of drug-likeness (QED) is 0.0443. The van der Waals surface area contributed by atoms with Crippen LogP contribution < -0.4 is 10.6 Å². The van der Waals surface area contributed by atoms with Gasteiger partial charge in [-0.15, -0.1) is 0 Å². The van der Waals surface area contributed by atoms with E-state index < -0.39 is 0 Å². The Morgan fingerprint density at radius 2 is 1.05 bits per heavy atom. The lowest BCUT2D eigenvalue weighted by Crippen LogP contribution is -2.44. The number of hydrogen-bond acceptors (Lipinski definition) is 2. The SMILES string of the molecule is CC(C)=CCC/C(C)=C/CC/C(C)=C/CC/C(C)=C/C(=O)NCCC[N+](C)(C)CCCC[N+](C)(C)CCCNC=O. The van der Waals surface area contributed by atoms with Crippen LogP contribution in [-0.4, -0.2) is 88.7 Å². The number of carbonyl (C=O) groups excluding carboxylic acids is 2. The first-order valence-corrected chi connectivity index (χ1v) is 16.0. The normalized spacial score (nSPS) is 13.2. The van der Waals surface area contributed by atoms with Gasteiger partial charge in [0.1, 0.15) is 0 Å². The summed E-state index contributed by atoms with van der Waals surface area (Å²) in [6.45, 7) is 16.8. The van der Waals surface area contributed by atoms with Crippen LogP contribution in [0.5, 0.6) is 0 Å². The molecule has 41 heavy (non-hydrogen) atoms. The minimum atomic E-state index is 0.0329. The molecule has 0 rings (SSSR count). The van der Waals surface area contributed by atoms with Gasteiger partial charge in [0.2, 0.25) is 12.3 Å². The highest BCUT2D eigenvalue weighted by atomic mass is 16.1. The van der Waals surface area contributed by atoms with E-state index in [0.29, 0.717) is 0 Å². The molecule has 0 unspecified atom stereocenters. The van der Waals surface area contributed by atoms with E-state index in [-0.39, 0.29) is 5.91 Å². The summed E-state index contributed by atoms with van der Waals surface area (Å²) >= 11 is 0. The Labute approximate surface area is 254 Å². The number of hydrogen-bond donors (Lipinski definition) is 2. The molecule has 2 N–H and O–H groups in total. The fraction of sp³-hybridized carbons (Fsp3) is 0.714. The molecule has 6 nitrogen and oxygen atoms in total. The Morgan fingerprint density at radius 1 is 0.610 bits per heavy atom. The Hall–Kier alpha value is -2.18. The van der Waals surface area contributed by atoms with Crippen LogP contribution in [0.2, 0.25) is 0 Å². The van der Waals surface area contributed by atoms with Crippen LogP contribution in [0.3, 0.4) is 0 Å². The van der Waals surface area contributed by atoms with E-state index in [1.54, 1.807) is 6.08 Å². The first kappa shape index (κ1) is 38.8. The second-order valence-corrected chi connectivity index (χ2v) is 13.5. The van der Waals surface area contributed by atoms with Crippen LogP contribution in [0.4, 0.5) is 0 Å². The van der Waals surface area contributed by atoms with Gasteiger partial charge in [-0.3, -0.25) is 9.59 Å². The maximum absolute atomic E-state index is 12.4. The van der Waals surface area contributed by atoms with E-state index >= 15 is 0 Å². The van der Waals surface area contributed by atoms with Gasteiger partial charge in [-0.05, 0) is 73.1 Å². The second kappa shape index (κ2) is 22.4. The number of carbonyl (C=O) groups is 2. The van der Waals surface area contributed by atoms with E-state index in [9.17, 15) is 9.59 Å². The number of quaternary nitrogens is 2. The van der Waals surface area contributed by atoms with E-state index in [1.165, 1.54) is 29.6 Å². The van der Waals surface area contributed by atoms with Gasteiger partial charge < -0.3 is 19.6 Å². The van der Waals surface area contributed by atoms with E-state index in [0.717, 1.165) is 112 Å². The molecule has 0 aliphatic heterocycles. The molecule has 0 fully saturated rings. The van der Waals surface area contributed by atoms with Gasteiger partial charge in [0.05, 0.1) is 54.4 Å². The highest BCUT2D eigenvalue weighted by Crippen LogP contribution is 2.13. The largest absolute Gasteiger partial charge is 0.358 e. The molecule has 0 spiro atoms. The van der Waals surface area contributed by atoms with Gasteiger partial charge >= 0.3 is 0 Å². The molecular weight excluding hydrogens is 508 g/mol. The number of nitrogens with one attached hydrogen (secondary N) is 2. The number of amides is 2. The lowest BCUT2D eigenvalue weighted by Gasteiger charge is -2.32. The molecule has 0 atom stereocenters. The van der Waals surface area contributed by atoms with Crippen molar-refractivity contribution in [2.75, 3.05) is 67.5 Å². The highest BCUT2D eigenvalue weighted by Gasteiger charge is 2.17. The molecule has 0 bridgehead atoms. The average molecular weight is 575 g/mol. The molecule has 0 aromatic rings. The van der Waals surface area contributed by atoms with Gasteiger partial charge in [-0.1, -0.05) is 40.5 Å². The van der Waals surface area contributed by atoms with Crippen molar-refractivity contribution in [1.29, 1.82) is 0 Å². The minimum absolute atomic E-state index is 0.0329. The first-order valence-electron chi connectivity index (χ1n) is 16.0. The van der Waals surface area contributed by atoms with E-state index in [4.69, 9.17) is 0 Å². The standard InChI is InChI=1S/C35H64N4O2/c1-31(2)17-12-18-32(3)19-13-20-33(4)21-14-22-34(5)29-35(41)37-24-16-28-39(8,9)26-11-10-25-38(6,7)27-15-23-36-30-40/h17,19,21,29-30H,10-16,18,20,22-28H2,1-9H3/p+2/b32-19+,33-21+,34-29+. The number of nitrogens with zero attached hydrogens (tertiary/aromatic N) is 2. The minimum Gasteiger partial charge on any atom is -0.358 e. The Morgan fingerprint density at radius 3 is 1.54 bits per heavy atom. The molecule has 6 heteroatoms. The molecule has 0 heterocycles. The predicted octanol–water partition coefficient (Wildman–Crippen LogP) is 6.71. The van der Waals surface area contributed by atoms with Crippen LogP contribution in [-0.2, 0) is 9.59 Å². The summed E-state index contributed by atoms with van der Waals surface area (Å²) in [5, 5.41) is 5.83. The molecule has 0 saturated heterocycles. The van der Waals surface area contributed by atoms with Gasteiger partial charge in [0.25, 0.3) is 0 Å². The van der Waals surface area contributed by atoms with Gasteiger partial charge in [0, 0.05) is 44.8 Å². The third-order valence-electron chi connectivity index (χ3n) is 7.72. The van der Waals surface area contributed by atoms with Crippen molar-refractivity contribution < 1.29 is 18.6 Å². The zero-order valence-corrected chi connectivity index (χ0v) is 28.4. The molecule has 0 aliphatic rings. The topological polar surface area (TPSA) is 58.2 Å². The summed E-state index contributed by atoms with van der Waals surface area (Å²) in [5.41, 5.74) is 5.45. The third-order valence-corrected chi connectivity index (χ3v) is 7.72. The summed E-state index contributed by atoms with van der Waals surface area (Å²) in [5.74, 6) is 0.0329. The Balaban J connectivity index is 4.13. The molecule has 0 aromatic carbocycles. The van der Waals surface area contributed by atoms with Crippen molar-refractivity contribution in [3.05, 3.63) is 46.6 Å². The smallest absolute Gasteiger partial charge is 0.243 e. The van der Waals surface area contributed by atoms with Crippen molar-refractivity contribution in [3.8, 4) is 0 Å². The van der Waals surface area contributed by atoms with Crippen LogP contribution >= 0.6 is 0 Å². The summed E-state index contributed by atoms with van der Waals surface area (Å²) in [4.78, 5) is 22.7. The van der Waals surface area contributed by atoms with Crippen LogP contribution in [0.15, 0.2) is 46.6 Å². The maximum atomic E-state index is 12.4. The molecule has 0 aliphatic carbocycles. The van der Waals surface area contributed by atoms with E-state index in [2.05, 4.69) is 91.7 Å². The Bertz CT molecular complexity index is 861. The zero-order chi connectivity index (χ0) is 31.2. The third kappa shape index (κ3) is 25.3. The lowest BCUT2D eigenvalue weighted by atomic mass is 10.0. The lowest BCUT2D eigenvalue weighted by molar-refractivity contribution is -0.896. The summed E-state index contributed by atoms with van der Waals surface area (Å²) in [6, 6.07) is 0. The number of unbranched alkanes of at least 4 members (excludes halogenated alkanes) is 1. The van der Waals surface area contributed by atoms with Crippen LogP contribution in [0.1, 0.15) is 98.8 Å². The summed E-state index contributed by atoms with van der Waals surface area (Å²) in [7, 11) is 9.12. The van der Waals surface area contributed by atoms with Crippen molar-refractivity contribution in [3.63, 3.8) is 0 Å². The fourth-order valence-electron chi connectivity index (χ4n) is 4.92. The average Bonchev–Trinajstić information content (AvgIpc) is 2.87. The molecule has 0 aromatic heterocycles. The highest BCUT2D eigenvalue weighted by molar-refractivity contribution is 5.88. The molecule has 2 amide bonds.